The van der Waals surface area contributed by atoms with Gasteiger partial charge in [0.15, 0.2) is 0 Å². The number of hydrogen-bond donors (Lipinski definition) is 2. The summed E-state index contributed by atoms with van der Waals surface area (Å²) in [4.78, 5) is 22.8. The van der Waals surface area contributed by atoms with Gasteiger partial charge in [-0.15, -0.1) is 0 Å². The molecule has 19 heavy (non-hydrogen) atoms. The molecular weight excluding hydrogens is 268 g/mol. The lowest BCUT2D eigenvalue weighted by Crippen LogP contribution is -2.26. The van der Waals surface area contributed by atoms with Crippen LogP contribution in [0.15, 0.2) is 18.2 Å². The molecule has 0 aliphatic carbocycles. The topological polar surface area (TPSA) is 67.4 Å². The van der Waals surface area contributed by atoms with Crippen molar-refractivity contribution in [2.75, 3.05) is 17.2 Å². The predicted octanol–water partition coefficient (Wildman–Crippen LogP) is 2.42. The number of hydrogen-bond acceptors (Lipinski definition) is 3. The standard InChI is InChI=1S/C13H15ClN2O3/c1-8(17)15-11-5-4-9(7-10(11)14)16-13(18)12-3-2-6-19-12/h4-5,7,12H,2-3,6H2,1H3,(H,15,17)(H,16,18)/t12-/m1/s1. The molecule has 0 radical (unpaired) electrons. The van der Waals surface area contributed by atoms with E-state index in [1.54, 1.807) is 18.2 Å². The minimum Gasteiger partial charge on any atom is -0.368 e. The maximum Gasteiger partial charge on any atom is 0.253 e. The third-order valence-corrected chi connectivity index (χ3v) is 3.08. The molecule has 0 saturated carbocycles. The van der Waals surface area contributed by atoms with Gasteiger partial charge in [0.2, 0.25) is 5.91 Å². The van der Waals surface area contributed by atoms with Crippen molar-refractivity contribution in [2.24, 2.45) is 0 Å². The largest absolute Gasteiger partial charge is 0.368 e. The fourth-order valence-corrected chi connectivity index (χ4v) is 2.12. The SMILES string of the molecule is CC(=O)Nc1ccc(NC(=O)[C@H]2CCCO2)cc1Cl. The number of carbonyl (C=O) groups is 2. The summed E-state index contributed by atoms with van der Waals surface area (Å²) in [5.74, 6) is -0.362. The molecule has 1 aromatic rings. The number of carbonyl (C=O) groups excluding carboxylic acids is 2. The summed E-state index contributed by atoms with van der Waals surface area (Å²) >= 11 is 6.02. The van der Waals surface area contributed by atoms with Crippen LogP contribution in [0.25, 0.3) is 0 Å². The van der Waals surface area contributed by atoms with Crippen LogP contribution in [0.3, 0.4) is 0 Å². The number of ether oxygens (including phenoxy) is 1. The van der Waals surface area contributed by atoms with E-state index in [4.69, 9.17) is 16.3 Å². The summed E-state index contributed by atoms with van der Waals surface area (Å²) in [5, 5.41) is 5.72. The van der Waals surface area contributed by atoms with E-state index in [0.717, 1.165) is 12.8 Å². The first-order valence-corrected chi connectivity index (χ1v) is 6.43. The molecule has 0 bridgehead atoms. The first-order chi connectivity index (χ1) is 9.06. The zero-order valence-electron chi connectivity index (χ0n) is 10.5. The van der Waals surface area contributed by atoms with Crippen molar-refractivity contribution < 1.29 is 14.3 Å². The third-order valence-electron chi connectivity index (χ3n) is 2.77. The second-order valence-corrected chi connectivity index (χ2v) is 4.77. The Morgan fingerprint density at radius 2 is 2.16 bits per heavy atom. The van der Waals surface area contributed by atoms with Crippen LogP contribution >= 0.6 is 11.6 Å². The van der Waals surface area contributed by atoms with Crippen LogP contribution in [0.5, 0.6) is 0 Å². The number of halogens is 1. The van der Waals surface area contributed by atoms with Crippen molar-refractivity contribution in [3.05, 3.63) is 23.2 Å². The minimum atomic E-state index is -0.381. The lowest BCUT2D eigenvalue weighted by atomic mass is 10.2. The average molecular weight is 283 g/mol. The van der Waals surface area contributed by atoms with E-state index in [1.807, 2.05) is 0 Å². The van der Waals surface area contributed by atoms with Gasteiger partial charge in [-0.2, -0.15) is 0 Å². The number of benzene rings is 1. The fraction of sp³-hybridized carbons (Fsp3) is 0.385. The Morgan fingerprint density at radius 1 is 1.37 bits per heavy atom. The number of anilines is 2. The molecule has 1 aromatic carbocycles. The summed E-state index contributed by atoms with van der Waals surface area (Å²) in [6.07, 6.45) is 1.26. The second kappa shape index (κ2) is 6.04. The molecule has 0 spiro atoms. The predicted molar refractivity (Wildman–Crippen MR) is 73.4 cm³/mol. The smallest absolute Gasteiger partial charge is 0.253 e. The highest BCUT2D eigenvalue weighted by atomic mass is 35.5. The van der Waals surface area contributed by atoms with Crippen molar-refractivity contribution in [1.29, 1.82) is 0 Å². The Hall–Kier alpha value is -1.59. The van der Waals surface area contributed by atoms with E-state index in [9.17, 15) is 9.59 Å². The zero-order chi connectivity index (χ0) is 13.8. The van der Waals surface area contributed by atoms with E-state index < -0.39 is 0 Å². The van der Waals surface area contributed by atoms with Gasteiger partial charge in [0.1, 0.15) is 6.10 Å². The van der Waals surface area contributed by atoms with Crippen LogP contribution in [0, 0.1) is 0 Å². The molecule has 2 N–H and O–H groups in total. The minimum absolute atomic E-state index is 0.166. The molecular formula is C13H15ClN2O3. The van der Waals surface area contributed by atoms with Gasteiger partial charge in [0, 0.05) is 19.2 Å². The highest BCUT2D eigenvalue weighted by Gasteiger charge is 2.23. The molecule has 2 amide bonds. The average Bonchev–Trinajstić information content (AvgIpc) is 2.86. The summed E-state index contributed by atoms with van der Waals surface area (Å²) in [5.41, 5.74) is 1.10. The van der Waals surface area contributed by atoms with Gasteiger partial charge in [0.25, 0.3) is 5.91 Å². The van der Waals surface area contributed by atoms with Gasteiger partial charge < -0.3 is 15.4 Å². The monoisotopic (exact) mass is 282 g/mol. The van der Waals surface area contributed by atoms with Gasteiger partial charge in [0.05, 0.1) is 10.7 Å². The van der Waals surface area contributed by atoms with Gasteiger partial charge in [-0.3, -0.25) is 9.59 Å². The molecule has 6 heteroatoms. The molecule has 5 nitrogen and oxygen atoms in total. The van der Waals surface area contributed by atoms with Gasteiger partial charge in [-0.25, -0.2) is 0 Å². The quantitative estimate of drug-likeness (QED) is 0.895. The Bertz CT molecular complexity index is 499. The number of rotatable bonds is 3. The molecule has 2 rings (SSSR count). The van der Waals surface area contributed by atoms with Crippen molar-refractivity contribution in [3.8, 4) is 0 Å². The van der Waals surface area contributed by atoms with Crippen LogP contribution in [0.2, 0.25) is 5.02 Å². The molecule has 0 unspecified atom stereocenters. The van der Waals surface area contributed by atoms with Crippen LogP contribution in [-0.2, 0) is 14.3 Å². The lowest BCUT2D eigenvalue weighted by molar-refractivity contribution is -0.124. The third kappa shape index (κ3) is 3.68. The Labute approximate surface area is 116 Å². The van der Waals surface area contributed by atoms with E-state index in [-0.39, 0.29) is 17.9 Å². The number of nitrogens with one attached hydrogen (secondary N) is 2. The molecule has 1 atom stereocenters. The Kier molecular flexibility index (Phi) is 4.39. The molecule has 1 heterocycles. The molecule has 102 valence electrons. The van der Waals surface area contributed by atoms with Crippen molar-refractivity contribution in [3.63, 3.8) is 0 Å². The lowest BCUT2D eigenvalue weighted by Gasteiger charge is -2.12. The van der Waals surface area contributed by atoms with E-state index in [1.165, 1.54) is 6.92 Å². The van der Waals surface area contributed by atoms with Crippen LogP contribution < -0.4 is 10.6 Å². The molecule has 1 fully saturated rings. The Balaban J connectivity index is 2.03. The van der Waals surface area contributed by atoms with Gasteiger partial charge in [-0.1, -0.05) is 11.6 Å². The van der Waals surface area contributed by atoms with Gasteiger partial charge in [-0.05, 0) is 31.0 Å². The van der Waals surface area contributed by atoms with Crippen molar-refractivity contribution >= 4 is 34.8 Å². The first kappa shape index (κ1) is 13.8. The highest BCUT2D eigenvalue weighted by Crippen LogP contribution is 2.26. The van der Waals surface area contributed by atoms with Gasteiger partial charge >= 0.3 is 0 Å². The maximum absolute atomic E-state index is 11.8. The van der Waals surface area contributed by atoms with Crippen LogP contribution in [0.4, 0.5) is 11.4 Å². The molecule has 1 aliphatic heterocycles. The number of amides is 2. The van der Waals surface area contributed by atoms with Crippen molar-refractivity contribution in [2.45, 2.75) is 25.9 Å². The van der Waals surface area contributed by atoms with E-state index in [0.29, 0.717) is 23.0 Å². The summed E-state index contributed by atoms with van der Waals surface area (Å²) in [7, 11) is 0. The van der Waals surface area contributed by atoms with E-state index >= 15 is 0 Å². The van der Waals surface area contributed by atoms with E-state index in [2.05, 4.69) is 10.6 Å². The zero-order valence-corrected chi connectivity index (χ0v) is 11.3. The normalized spacial score (nSPS) is 18.1. The highest BCUT2D eigenvalue weighted by molar-refractivity contribution is 6.34. The Morgan fingerprint density at radius 3 is 2.74 bits per heavy atom. The van der Waals surface area contributed by atoms with Crippen molar-refractivity contribution in [1.82, 2.24) is 0 Å². The molecule has 0 aromatic heterocycles. The first-order valence-electron chi connectivity index (χ1n) is 6.06. The fourth-order valence-electron chi connectivity index (χ4n) is 1.89. The van der Waals surface area contributed by atoms with Crippen LogP contribution in [-0.4, -0.2) is 24.5 Å². The second-order valence-electron chi connectivity index (χ2n) is 4.37. The molecule has 1 saturated heterocycles. The maximum atomic E-state index is 11.8. The summed E-state index contributed by atoms with van der Waals surface area (Å²) < 4.78 is 5.29. The summed E-state index contributed by atoms with van der Waals surface area (Å²) in [6.45, 7) is 2.03. The summed E-state index contributed by atoms with van der Waals surface area (Å²) in [6, 6.07) is 4.93. The van der Waals surface area contributed by atoms with Crippen LogP contribution in [0.1, 0.15) is 19.8 Å². The molecule has 1 aliphatic rings.